The summed E-state index contributed by atoms with van der Waals surface area (Å²) in [6.45, 7) is 6.94. The van der Waals surface area contributed by atoms with E-state index in [9.17, 15) is 0 Å². The van der Waals surface area contributed by atoms with E-state index in [4.69, 9.17) is 16.3 Å². The van der Waals surface area contributed by atoms with Gasteiger partial charge in [0.05, 0.1) is 17.2 Å². The van der Waals surface area contributed by atoms with E-state index in [1.54, 1.807) is 7.11 Å². The van der Waals surface area contributed by atoms with Gasteiger partial charge in [-0.2, -0.15) is 5.10 Å². The van der Waals surface area contributed by atoms with E-state index >= 15 is 0 Å². The number of aromatic nitrogens is 2. The smallest absolute Gasteiger partial charge is 0.0640 e. The summed E-state index contributed by atoms with van der Waals surface area (Å²) in [6.07, 6.45) is 4.74. The lowest BCUT2D eigenvalue weighted by Gasteiger charge is -2.22. The Kier molecular flexibility index (Phi) is 4.17. The number of hydrogen-bond donors (Lipinski definition) is 0. The van der Waals surface area contributed by atoms with E-state index in [0.29, 0.717) is 0 Å². The molecular formula is C11H19ClN2O. The van der Waals surface area contributed by atoms with Crippen molar-refractivity contribution in [1.29, 1.82) is 0 Å². The molecule has 0 aromatic carbocycles. The first kappa shape index (κ1) is 12.5. The highest BCUT2D eigenvalue weighted by atomic mass is 35.5. The van der Waals surface area contributed by atoms with Crippen molar-refractivity contribution in [1.82, 2.24) is 9.78 Å². The van der Waals surface area contributed by atoms with Crippen LogP contribution < -0.4 is 0 Å². The van der Waals surface area contributed by atoms with Gasteiger partial charge in [-0.15, -0.1) is 11.6 Å². The normalized spacial score (nSPS) is 14.2. The molecular weight excluding hydrogens is 212 g/mol. The van der Waals surface area contributed by atoms with Gasteiger partial charge in [0.1, 0.15) is 0 Å². The Balaban J connectivity index is 2.51. The maximum Gasteiger partial charge on any atom is 0.0640 e. The average Bonchev–Trinajstić information content (AvgIpc) is 2.63. The summed E-state index contributed by atoms with van der Waals surface area (Å²) in [5.41, 5.74) is 0.963. The molecule has 0 radical (unpaired) electrons. The van der Waals surface area contributed by atoms with Crippen LogP contribution >= 0.6 is 11.6 Å². The Morgan fingerprint density at radius 3 is 2.73 bits per heavy atom. The second kappa shape index (κ2) is 4.99. The summed E-state index contributed by atoms with van der Waals surface area (Å²) in [6, 6.07) is 0. The van der Waals surface area contributed by atoms with E-state index in [-0.39, 0.29) is 11.0 Å². The summed E-state index contributed by atoms with van der Waals surface area (Å²) in [5.74, 6) is 0. The van der Waals surface area contributed by atoms with Crippen molar-refractivity contribution >= 4 is 11.6 Å². The molecule has 0 aliphatic carbocycles. The molecule has 0 N–H and O–H groups in total. The highest BCUT2D eigenvalue weighted by Crippen LogP contribution is 2.19. The predicted octanol–water partition coefficient (Wildman–Crippen LogP) is 3.00. The van der Waals surface area contributed by atoms with Crippen molar-refractivity contribution in [2.45, 2.75) is 44.7 Å². The largest absolute Gasteiger partial charge is 0.379 e. The first-order valence-corrected chi connectivity index (χ1v) is 5.60. The van der Waals surface area contributed by atoms with Crippen LogP contribution in [-0.4, -0.2) is 22.5 Å². The number of rotatable bonds is 5. The van der Waals surface area contributed by atoms with Crippen LogP contribution in [0.1, 0.15) is 38.1 Å². The fourth-order valence-corrected chi connectivity index (χ4v) is 1.31. The van der Waals surface area contributed by atoms with Gasteiger partial charge in [-0.1, -0.05) is 0 Å². The standard InChI is InChI=1S/C11H19ClN2O/c1-9(12)10-7-13-14(8-10)6-5-11(2,3)15-4/h7-9H,5-6H2,1-4H3. The molecule has 1 heterocycles. The average molecular weight is 231 g/mol. The van der Waals surface area contributed by atoms with Gasteiger partial charge in [0.2, 0.25) is 0 Å². The van der Waals surface area contributed by atoms with Crippen molar-refractivity contribution in [2.75, 3.05) is 7.11 Å². The van der Waals surface area contributed by atoms with Crippen molar-refractivity contribution < 1.29 is 4.74 Å². The number of aryl methyl sites for hydroxylation is 1. The van der Waals surface area contributed by atoms with Gasteiger partial charge in [-0.3, -0.25) is 4.68 Å². The zero-order valence-corrected chi connectivity index (χ0v) is 10.6. The van der Waals surface area contributed by atoms with Crippen LogP contribution in [0.15, 0.2) is 12.4 Å². The van der Waals surface area contributed by atoms with Crippen LogP contribution in [0.25, 0.3) is 0 Å². The second-order valence-electron chi connectivity index (χ2n) is 4.37. The lowest BCUT2D eigenvalue weighted by atomic mass is 10.1. The summed E-state index contributed by atoms with van der Waals surface area (Å²) in [7, 11) is 1.73. The first-order valence-electron chi connectivity index (χ1n) is 5.16. The SMILES string of the molecule is COC(C)(C)CCn1cc(C(C)Cl)cn1. The van der Waals surface area contributed by atoms with E-state index in [1.165, 1.54) is 0 Å². The predicted molar refractivity (Wildman–Crippen MR) is 62.2 cm³/mol. The molecule has 1 rings (SSSR count). The van der Waals surface area contributed by atoms with Crippen LogP contribution in [0.5, 0.6) is 0 Å². The number of halogens is 1. The van der Waals surface area contributed by atoms with Crippen LogP contribution in [0.2, 0.25) is 0 Å². The fraction of sp³-hybridized carbons (Fsp3) is 0.727. The molecule has 0 saturated carbocycles. The molecule has 0 amide bonds. The van der Waals surface area contributed by atoms with E-state index in [0.717, 1.165) is 18.5 Å². The Bertz CT molecular complexity index is 307. The molecule has 1 aromatic rings. The molecule has 0 bridgehead atoms. The summed E-state index contributed by atoms with van der Waals surface area (Å²) in [4.78, 5) is 0. The van der Waals surface area contributed by atoms with Crippen molar-refractivity contribution in [3.63, 3.8) is 0 Å². The van der Waals surface area contributed by atoms with Crippen LogP contribution in [0.3, 0.4) is 0 Å². The molecule has 1 unspecified atom stereocenters. The zero-order chi connectivity index (χ0) is 11.5. The molecule has 1 atom stereocenters. The van der Waals surface area contributed by atoms with Gasteiger partial charge in [-0.05, 0) is 27.2 Å². The molecule has 15 heavy (non-hydrogen) atoms. The molecule has 3 nitrogen and oxygen atoms in total. The van der Waals surface area contributed by atoms with E-state index in [1.807, 2.05) is 24.0 Å². The molecule has 0 aliphatic rings. The molecule has 4 heteroatoms. The minimum absolute atomic E-state index is 0.0224. The minimum atomic E-state index is -0.0985. The summed E-state index contributed by atoms with van der Waals surface area (Å²) in [5, 5.41) is 4.27. The number of ether oxygens (including phenoxy) is 1. The minimum Gasteiger partial charge on any atom is -0.379 e. The number of alkyl halides is 1. The maximum atomic E-state index is 5.96. The fourth-order valence-electron chi connectivity index (χ4n) is 1.19. The third-order valence-corrected chi connectivity index (χ3v) is 2.86. The van der Waals surface area contributed by atoms with Crippen LogP contribution in [0.4, 0.5) is 0 Å². The highest BCUT2D eigenvalue weighted by Gasteiger charge is 2.16. The molecule has 1 aromatic heterocycles. The lowest BCUT2D eigenvalue weighted by molar-refractivity contribution is 0.0113. The first-order chi connectivity index (χ1) is 6.94. The van der Waals surface area contributed by atoms with Crippen LogP contribution in [0, 0.1) is 0 Å². The quantitative estimate of drug-likeness (QED) is 0.728. The van der Waals surface area contributed by atoms with E-state index in [2.05, 4.69) is 18.9 Å². The number of nitrogens with zero attached hydrogens (tertiary/aromatic N) is 2. The number of hydrogen-bond acceptors (Lipinski definition) is 2. The van der Waals surface area contributed by atoms with Crippen LogP contribution in [-0.2, 0) is 11.3 Å². The van der Waals surface area contributed by atoms with Gasteiger partial charge >= 0.3 is 0 Å². The zero-order valence-electron chi connectivity index (χ0n) is 9.83. The third-order valence-electron chi connectivity index (χ3n) is 2.61. The van der Waals surface area contributed by atoms with Gasteiger partial charge in [0, 0.05) is 25.4 Å². The van der Waals surface area contributed by atoms with Gasteiger partial charge in [0.15, 0.2) is 0 Å². The Morgan fingerprint density at radius 2 is 2.27 bits per heavy atom. The van der Waals surface area contributed by atoms with Gasteiger partial charge < -0.3 is 4.74 Å². The van der Waals surface area contributed by atoms with Gasteiger partial charge in [0.25, 0.3) is 0 Å². The lowest BCUT2D eigenvalue weighted by Crippen LogP contribution is -2.24. The highest BCUT2D eigenvalue weighted by molar-refractivity contribution is 6.20. The summed E-state index contributed by atoms with van der Waals surface area (Å²) >= 11 is 5.96. The third kappa shape index (κ3) is 3.84. The van der Waals surface area contributed by atoms with Crippen molar-refractivity contribution in [3.8, 4) is 0 Å². The molecule has 0 fully saturated rings. The Morgan fingerprint density at radius 1 is 1.60 bits per heavy atom. The molecule has 0 aliphatic heterocycles. The second-order valence-corrected chi connectivity index (χ2v) is 5.02. The Labute approximate surface area is 96.4 Å². The molecule has 0 saturated heterocycles. The molecule has 86 valence electrons. The Hall–Kier alpha value is -0.540. The topological polar surface area (TPSA) is 27.1 Å². The molecule has 0 spiro atoms. The van der Waals surface area contributed by atoms with Gasteiger partial charge in [-0.25, -0.2) is 0 Å². The van der Waals surface area contributed by atoms with Crippen molar-refractivity contribution in [2.24, 2.45) is 0 Å². The van der Waals surface area contributed by atoms with Crippen molar-refractivity contribution in [3.05, 3.63) is 18.0 Å². The number of methoxy groups -OCH3 is 1. The summed E-state index contributed by atoms with van der Waals surface area (Å²) < 4.78 is 7.26. The van der Waals surface area contributed by atoms with E-state index < -0.39 is 0 Å². The monoisotopic (exact) mass is 230 g/mol. The maximum absolute atomic E-state index is 5.96.